The zero-order valence-electron chi connectivity index (χ0n) is 11.6. The fourth-order valence-corrected chi connectivity index (χ4v) is 2.17. The fraction of sp³-hybridized carbons (Fsp3) is 0.118. The number of hydrogen-bond acceptors (Lipinski definition) is 3. The molecule has 0 aliphatic heterocycles. The topological polar surface area (TPSA) is 51.5 Å². The van der Waals surface area contributed by atoms with Crippen LogP contribution in [0.25, 0.3) is 11.0 Å². The van der Waals surface area contributed by atoms with Crippen LogP contribution in [-0.2, 0) is 6.54 Å². The number of benzene rings is 2. The van der Waals surface area contributed by atoms with E-state index >= 15 is 0 Å². The molecule has 1 N–H and O–H groups in total. The SMILES string of the molecule is COc1cccc2cc(C(=O)NCc3ccccc3)oc12. The van der Waals surface area contributed by atoms with Gasteiger partial charge in [-0.25, -0.2) is 0 Å². The monoisotopic (exact) mass is 281 g/mol. The molecule has 0 saturated carbocycles. The Morgan fingerprint density at radius 2 is 1.95 bits per heavy atom. The Morgan fingerprint density at radius 1 is 1.14 bits per heavy atom. The van der Waals surface area contributed by atoms with Crippen molar-refractivity contribution in [3.8, 4) is 5.75 Å². The minimum atomic E-state index is -0.239. The molecule has 2 aromatic carbocycles. The molecule has 0 bridgehead atoms. The average molecular weight is 281 g/mol. The van der Waals surface area contributed by atoms with Gasteiger partial charge in [0.25, 0.3) is 5.91 Å². The van der Waals surface area contributed by atoms with Gasteiger partial charge >= 0.3 is 0 Å². The summed E-state index contributed by atoms with van der Waals surface area (Å²) < 4.78 is 10.8. The molecule has 0 atom stereocenters. The Balaban J connectivity index is 1.79. The molecule has 3 aromatic rings. The lowest BCUT2D eigenvalue weighted by Crippen LogP contribution is -2.22. The summed E-state index contributed by atoms with van der Waals surface area (Å²) in [5, 5.41) is 3.69. The van der Waals surface area contributed by atoms with Crippen LogP contribution in [0.1, 0.15) is 16.1 Å². The van der Waals surface area contributed by atoms with E-state index in [2.05, 4.69) is 5.32 Å². The van der Waals surface area contributed by atoms with Crippen LogP contribution in [0.4, 0.5) is 0 Å². The van der Waals surface area contributed by atoms with Crippen molar-refractivity contribution in [1.82, 2.24) is 5.32 Å². The number of fused-ring (bicyclic) bond motifs is 1. The summed E-state index contributed by atoms with van der Waals surface area (Å²) in [6.07, 6.45) is 0. The van der Waals surface area contributed by atoms with Crippen LogP contribution in [0.15, 0.2) is 59.0 Å². The third-order valence-electron chi connectivity index (χ3n) is 3.25. The summed E-state index contributed by atoms with van der Waals surface area (Å²) in [7, 11) is 1.58. The minimum absolute atomic E-state index is 0.239. The van der Waals surface area contributed by atoms with E-state index in [0.29, 0.717) is 17.9 Å². The van der Waals surface area contributed by atoms with E-state index < -0.39 is 0 Å². The summed E-state index contributed by atoms with van der Waals surface area (Å²) in [6, 6.07) is 17.0. The standard InChI is InChI=1S/C17H15NO3/c1-20-14-9-5-8-13-10-15(21-16(13)14)17(19)18-11-12-6-3-2-4-7-12/h2-10H,11H2,1H3,(H,18,19). The van der Waals surface area contributed by atoms with Gasteiger partial charge in [0.2, 0.25) is 0 Å². The Hall–Kier alpha value is -2.75. The van der Waals surface area contributed by atoms with Crippen molar-refractivity contribution in [2.24, 2.45) is 0 Å². The predicted molar refractivity (Wildman–Crippen MR) is 80.4 cm³/mol. The number of ether oxygens (including phenoxy) is 1. The summed E-state index contributed by atoms with van der Waals surface area (Å²) in [5.74, 6) is 0.664. The van der Waals surface area contributed by atoms with Crippen molar-refractivity contribution in [3.05, 3.63) is 65.9 Å². The van der Waals surface area contributed by atoms with Crippen molar-refractivity contribution in [3.63, 3.8) is 0 Å². The van der Waals surface area contributed by atoms with Crippen molar-refractivity contribution in [2.75, 3.05) is 7.11 Å². The number of furan rings is 1. The van der Waals surface area contributed by atoms with Crippen molar-refractivity contribution < 1.29 is 13.9 Å². The molecule has 0 saturated heterocycles. The van der Waals surface area contributed by atoms with Crippen molar-refractivity contribution >= 4 is 16.9 Å². The van der Waals surface area contributed by atoms with E-state index in [1.807, 2.05) is 42.5 Å². The normalized spacial score (nSPS) is 10.5. The van der Waals surface area contributed by atoms with Gasteiger partial charge in [-0.1, -0.05) is 42.5 Å². The van der Waals surface area contributed by atoms with E-state index in [9.17, 15) is 4.79 Å². The third-order valence-corrected chi connectivity index (χ3v) is 3.25. The van der Waals surface area contributed by atoms with Crippen molar-refractivity contribution in [1.29, 1.82) is 0 Å². The molecular formula is C17H15NO3. The van der Waals surface area contributed by atoms with Gasteiger partial charge in [0.15, 0.2) is 17.1 Å². The first-order valence-electron chi connectivity index (χ1n) is 6.66. The first-order valence-corrected chi connectivity index (χ1v) is 6.66. The minimum Gasteiger partial charge on any atom is -0.493 e. The zero-order chi connectivity index (χ0) is 14.7. The van der Waals surface area contributed by atoms with E-state index in [4.69, 9.17) is 9.15 Å². The van der Waals surface area contributed by atoms with Gasteiger partial charge < -0.3 is 14.5 Å². The van der Waals surface area contributed by atoms with E-state index in [1.165, 1.54) is 0 Å². The van der Waals surface area contributed by atoms with Crippen LogP contribution in [0.5, 0.6) is 5.75 Å². The molecule has 1 amide bonds. The van der Waals surface area contributed by atoms with Crippen LogP contribution in [0.2, 0.25) is 0 Å². The average Bonchev–Trinajstić information content (AvgIpc) is 2.97. The number of rotatable bonds is 4. The maximum Gasteiger partial charge on any atom is 0.287 e. The zero-order valence-corrected chi connectivity index (χ0v) is 11.6. The quantitative estimate of drug-likeness (QED) is 0.797. The van der Waals surface area contributed by atoms with Gasteiger partial charge in [-0.05, 0) is 17.7 Å². The number of hydrogen-bond donors (Lipinski definition) is 1. The molecule has 0 aliphatic rings. The Morgan fingerprint density at radius 3 is 2.71 bits per heavy atom. The van der Waals surface area contributed by atoms with Gasteiger partial charge in [0.05, 0.1) is 7.11 Å². The molecule has 0 fully saturated rings. The molecular weight excluding hydrogens is 266 g/mol. The molecule has 0 spiro atoms. The maximum atomic E-state index is 12.1. The van der Waals surface area contributed by atoms with Gasteiger partial charge in [-0.15, -0.1) is 0 Å². The van der Waals surface area contributed by atoms with Gasteiger partial charge in [-0.3, -0.25) is 4.79 Å². The first-order chi connectivity index (χ1) is 10.3. The Kier molecular flexibility index (Phi) is 3.60. The number of methoxy groups -OCH3 is 1. The van der Waals surface area contributed by atoms with E-state index in [1.54, 1.807) is 19.2 Å². The lowest BCUT2D eigenvalue weighted by atomic mass is 10.2. The predicted octanol–water partition coefficient (Wildman–Crippen LogP) is 3.37. The third kappa shape index (κ3) is 2.74. The lowest BCUT2D eigenvalue weighted by molar-refractivity contribution is 0.0925. The number of para-hydroxylation sites is 1. The van der Waals surface area contributed by atoms with Crippen LogP contribution < -0.4 is 10.1 Å². The fourth-order valence-electron chi connectivity index (χ4n) is 2.17. The number of carbonyl (C=O) groups is 1. The van der Waals surface area contributed by atoms with E-state index in [0.717, 1.165) is 10.9 Å². The molecule has 106 valence electrons. The summed E-state index contributed by atoms with van der Waals surface area (Å²) >= 11 is 0. The second kappa shape index (κ2) is 5.71. The first kappa shape index (κ1) is 13.2. The van der Waals surface area contributed by atoms with Crippen LogP contribution in [0, 0.1) is 0 Å². The highest BCUT2D eigenvalue weighted by atomic mass is 16.5. The molecule has 21 heavy (non-hydrogen) atoms. The maximum absolute atomic E-state index is 12.1. The van der Waals surface area contributed by atoms with E-state index in [-0.39, 0.29) is 11.7 Å². The van der Waals surface area contributed by atoms with Crippen LogP contribution in [-0.4, -0.2) is 13.0 Å². The summed E-state index contributed by atoms with van der Waals surface area (Å²) in [5.41, 5.74) is 1.63. The highest BCUT2D eigenvalue weighted by molar-refractivity contribution is 5.97. The molecule has 4 nitrogen and oxygen atoms in total. The lowest BCUT2D eigenvalue weighted by Gasteiger charge is -2.02. The highest BCUT2D eigenvalue weighted by Crippen LogP contribution is 2.28. The van der Waals surface area contributed by atoms with Crippen molar-refractivity contribution in [2.45, 2.75) is 6.54 Å². The molecule has 0 unspecified atom stereocenters. The summed E-state index contributed by atoms with van der Waals surface area (Å²) in [4.78, 5) is 12.1. The molecule has 1 heterocycles. The van der Waals surface area contributed by atoms with Gasteiger partial charge in [0, 0.05) is 11.9 Å². The number of nitrogens with one attached hydrogen (secondary N) is 1. The molecule has 0 radical (unpaired) electrons. The molecule has 0 aliphatic carbocycles. The van der Waals surface area contributed by atoms with Crippen LogP contribution in [0.3, 0.4) is 0 Å². The number of amides is 1. The Bertz CT molecular complexity index is 762. The molecule has 1 aromatic heterocycles. The number of carbonyl (C=O) groups excluding carboxylic acids is 1. The second-order valence-electron chi connectivity index (χ2n) is 4.66. The van der Waals surface area contributed by atoms with Crippen LogP contribution >= 0.6 is 0 Å². The Labute approximate surface area is 122 Å². The highest BCUT2D eigenvalue weighted by Gasteiger charge is 2.14. The second-order valence-corrected chi connectivity index (χ2v) is 4.66. The molecule has 4 heteroatoms. The smallest absolute Gasteiger partial charge is 0.287 e. The summed E-state index contributed by atoms with van der Waals surface area (Å²) in [6.45, 7) is 0.466. The van der Waals surface area contributed by atoms with Gasteiger partial charge in [-0.2, -0.15) is 0 Å². The van der Waals surface area contributed by atoms with Gasteiger partial charge in [0.1, 0.15) is 0 Å². The largest absolute Gasteiger partial charge is 0.493 e. The molecule has 3 rings (SSSR count).